The van der Waals surface area contributed by atoms with Crippen LogP contribution in [0.15, 0.2) is 77.3 Å². The summed E-state index contributed by atoms with van der Waals surface area (Å²) < 4.78 is 0.913. The summed E-state index contributed by atoms with van der Waals surface area (Å²) in [7, 11) is 0. The zero-order chi connectivity index (χ0) is 19.2. The fourth-order valence-corrected chi connectivity index (χ4v) is 3.16. The average molecular weight is 440 g/mol. The Hall–Kier alpha value is -2.57. The molecule has 0 fully saturated rings. The fourth-order valence-electron chi connectivity index (χ4n) is 2.73. The average Bonchev–Trinajstić information content (AvgIpc) is 2.66. The molecule has 27 heavy (non-hydrogen) atoms. The standard InChI is InChI=1S/C21H18BrN3OS/c1-14-17(22)12-13-18(23-14)24-21(27)25-20(26)19(15-8-4-2-5-9-15)16-10-6-3-7-11-16/h2-13,19H,1H3,(H2,23,24,25,26,27). The molecule has 0 aliphatic rings. The number of nitrogens with one attached hydrogen (secondary N) is 2. The van der Waals surface area contributed by atoms with Gasteiger partial charge in [-0.25, -0.2) is 4.98 Å². The number of benzene rings is 2. The summed E-state index contributed by atoms with van der Waals surface area (Å²) in [5, 5.41) is 5.97. The highest BCUT2D eigenvalue weighted by atomic mass is 79.9. The molecule has 2 aromatic carbocycles. The van der Waals surface area contributed by atoms with Crippen molar-refractivity contribution in [1.82, 2.24) is 10.3 Å². The van der Waals surface area contributed by atoms with Crippen LogP contribution in [-0.2, 0) is 4.79 Å². The third-order valence-electron chi connectivity index (χ3n) is 4.03. The molecule has 3 aromatic rings. The van der Waals surface area contributed by atoms with E-state index in [0.717, 1.165) is 21.3 Å². The highest BCUT2D eigenvalue weighted by Gasteiger charge is 2.23. The number of amides is 1. The lowest BCUT2D eigenvalue weighted by Gasteiger charge is -2.18. The molecule has 136 valence electrons. The van der Waals surface area contributed by atoms with Crippen molar-refractivity contribution >= 4 is 45.0 Å². The normalized spacial score (nSPS) is 10.5. The topological polar surface area (TPSA) is 54.0 Å². The number of pyridine rings is 1. The number of carbonyl (C=O) groups is 1. The van der Waals surface area contributed by atoms with Crippen molar-refractivity contribution in [3.8, 4) is 0 Å². The number of thiocarbonyl (C=S) groups is 1. The maximum atomic E-state index is 13.0. The van der Waals surface area contributed by atoms with Gasteiger partial charge in [-0.05, 0) is 58.3 Å². The first kappa shape index (κ1) is 19.2. The van der Waals surface area contributed by atoms with Gasteiger partial charge in [0.25, 0.3) is 0 Å². The van der Waals surface area contributed by atoms with Crippen molar-refractivity contribution in [3.05, 3.63) is 94.1 Å². The van der Waals surface area contributed by atoms with Crippen molar-refractivity contribution in [2.45, 2.75) is 12.8 Å². The molecular weight excluding hydrogens is 422 g/mol. The smallest absolute Gasteiger partial charge is 0.238 e. The molecule has 4 nitrogen and oxygen atoms in total. The summed E-state index contributed by atoms with van der Waals surface area (Å²) in [5.74, 6) is -0.0672. The minimum absolute atomic E-state index is 0.196. The van der Waals surface area contributed by atoms with Gasteiger partial charge in [0, 0.05) is 4.47 Å². The van der Waals surface area contributed by atoms with Crippen LogP contribution in [0.2, 0.25) is 0 Å². The van der Waals surface area contributed by atoms with E-state index in [2.05, 4.69) is 31.5 Å². The SMILES string of the molecule is Cc1nc(NC(=S)NC(=O)C(c2ccccc2)c2ccccc2)ccc1Br. The molecule has 3 rings (SSSR count). The molecule has 0 unspecified atom stereocenters. The number of halogens is 1. The Morgan fingerprint density at radius 2 is 1.52 bits per heavy atom. The van der Waals surface area contributed by atoms with Gasteiger partial charge in [-0.1, -0.05) is 60.7 Å². The van der Waals surface area contributed by atoms with E-state index in [9.17, 15) is 4.79 Å². The van der Waals surface area contributed by atoms with E-state index in [1.807, 2.05) is 73.7 Å². The monoisotopic (exact) mass is 439 g/mol. The number of carbonyl (C=O) groups excluding carboxylic acids is 1. The summed E-state index contributed by atoms with van der Waals surface area (Å²) in [5.41, 5.74) is 2.64. The third-order valence-corrected chi connectivity index (χ3v) is 5.07. The van der Waals surface area contributed by atoms with E-state index in [0.29, 0.717) is 5.82 Å². The van der Waals surface area contributed by atoms with Crippen LogP contribution in [0, 0.1) is 6.92 Å². The van der Waals surface area contributed by atoms with Crippen molar-refractivity contribution in [2.24, 2.45) is 0 Å². The van der Waals surface area contributed by atoms with Crippen LogP contribution in [0.25, 0.3) is 0 Å². The number of nitrogens with zero attached hydrogens (tertiary/aromatic N) is 1. The molecule has 1 amide bonds. The van der Waals surface area contributed by atoms with Gasteiger partial charge in [0.15, 0.2) is 5.11 Å². The first-order valence-electron chi connectivity index (χ1n) is 8.39. The third kappa shape index (κ3) is 4.99. The Bertz CT molecular complexity index is 909. The lowest BCUT2D eigenvalue weighted by molar-refractivity contribution is -0.120. The van der Waals surface area contributed by atoms with Crippen molar-refractivity contribution < 1.29 is 4.79 Å². The van der Waals surface area contributed by atoms with Gasteiger partial charge >= 0.3 is 0 Å². The lowest BCUT2D eigenvalue weighted by Crippen LogP contribution is -2.38. The Morgan fingerprint density at radius 3 is 2.04 bits per heavy atom. The second kappa shape index (κ2) is 8.88. The largest absolute Gasteiger partial charge is 0.317 e. The first-order chi connectivity index (χ1) is 13.0. The van der Waals surface area contributed by atoms with Crippen LogP contribution in [0.1, 0.15) is 22.7 Å². The van der Waals surface area contributed by atoms with Crippen LogP contribution < -0.4 is 10.6 Å². The number of hydrogen-bond donors (Lipinski definition) is 2. The molecule has 1 aromatic heterocycles. The van der Waals surface area contributed by atoms with E-state index >= 15 is 0 Å². The van der Waals surface area contributed by atoms with Crippen molar-refractivity contribution in [2.75, 3.05) is 5.32 Å². The summed E-state index contributed by atoms with van der Waals surface area (Å²) >= 11 is 8.73. The van der Waals surface area contributed by atoms with E-state index in [1.54, 1.807) is 6.07 Å². The minimum atomic E-state index is -0.452. The number of anilines is 1. The number of aromatic nitrogens is 1. The van der Waals surface area contributed by atoms with Crippen LogP contribution in [-0.4, -0.2) is 16.0 Å². The lowest BCUT2D eigenvalue weighted by atomic mass is 9.90. The Kier molecular flexibility index (Phi) is 6.32. The molecule has 0 radical (unpaired) electrons. The molecule has 1 heterocycles. The minimum Gasteiger partial charge on any atom is -0.317 e. The molecule has 0 saturated carbocycles. The zero-order valence-electron chi connectivity index (χ0n) is 14.6. The molecule has 0 aliphatic carbocycles. The Labute approximate surface area is 172 Å². The van der Waals surface area contributed by atoms with Gasteiger partial charge in [0.2, 0.25) is 5.91 Å². The summed E-state index contributed by atoms with van der Waals surface area (Å²) in [4.78, 5) is 17.4. The van der Waals surface area contributed by atoms with E-state index in [4.69, 9.17) is 12.2 Å². The predicted octanol–water partition coefficient (Wildman–Crippen LogP) is 4.80. The summed E-state index contributed by atoms with van der Waals surface area (Å²) in [6.07, 6.45) is 0. The molecule has 0 spiro atoms. The summed E-state index contributed by atoms with van der Waals surface area (Å²) in [6.45, 7) is 1.89. The number of hydrogen-bond acceptors (Lipinski definition) is 3. The van der Waals surface area contributed by atoms with E-state index in [-0.39, 0.29) is 11.0 Å². The highest BCUT2D eigenvalue weighted by Crippen LogP contribution is 2.24. The zero-order valence-corrected chi connectivity index (χ0v) is 17.0. The fraction of sp³-hybridized carbons (Fsp3) is 0.0952. The molecule has 2 N–H and O–H groups in total. The van der Waals surface area contributed by atoms with Crippen LogP contribution >= 0.6 is 28.1 Å². The van der Waals surface area contributed by atoms with Gasteiger partial charge in [-0.2, -0.15) is 0 Å². The van der Waals surface area contributed by atoms with Crippen molar-refractivity contribution in [3.63, 3.8) is 0 Å². The second-order valence-corrected chi connectivity index (χ2v) is 7.22. The molecule has 0 saturated heterocycles. The van der Waals surface area contributed by atoms with Crippen LogP contribution in [0.3, 0.4) is 0 Å². The molecule has 0 bridgehead atoms. The maximum absolute atomic E-state index is 13.0. The Balaban J connectivity index is 1.78. The number of aryl methyl sites for hydroxylation is 1. The van der Waals surface area contributed by atoms with E-state index in [1.165, 1.54) is 0 Å². The van der Waals surface area contributed by atoms with Gasteiger partial charge in [-0.3, -0.25) is 4.79 Å². The maximum Gasteiger partial charge on any atom is 0.238 e. The number of rotatable bonds is 4. The summed E-state index contributed by atoms with van der Waals surface area (Å²) in [6, 6.07) is 23.0. The van der Waals surface area contributed by atoms with Gasteiger partial charge in [0.05, 0.1) is 11.6 Å². The highest BCUT2D eigenvalue weighted by molar-refractivity contribution is 9.10. The Morgan fingerprint density at radius 1 is 0.963 bits per heavy atom. The molecular formula is C21H18BrN3OS. The van der Waals surface area contributed by atoms with Gasteiger partial charge in [-0.15, -0.1) is 0 Å². The quantitative estimate of drug-likeness (QED) is 0.573. The molecule has 6 heteroatoms. The second-order valence-electron chi connectivity index (χ2n) is 5.96. The van der Waals surface area contributed by atoms with E-state index < -0.39 is 5.92 Å². The molecule has 0 aliphatic heterocycles. The first-order valence-corrected chi connectivity index (χ1v) is 9.59. The molecule has 0 atom stereocenters. The van der Waals surface area contributed by atoms with Crippen LogP contribution in [0.5, 0.6) is 0 Å². The van der Waals surface area contributed by atoms with Crippen molar-refractivity contribution in [1.29, 1.82) is 0 Å². The van der Waals surface area contributed by atoms with Gasteiger partial charge in [0.1, 0.15) is 5.82 Å². The van der Waals surface area contributed by atoms with Gasteiger partial charge < -0.3 is 10.6 Å². The predicted molar refractivity (Wildman–Crippen MR) is 116 cm³/mol. The van der Waals surface area contributed by atoms with Crippen LogP contribution in [0.4, 0.5) is 5.82 Å².